The molecule has 0 bridgehead atoms. The number of piperidine rings is 1. The summed E-state index contributed by atoms with van der Waals surface area (Å²) in [6.45, 7) is 5.10. The number of aromatic nitrogens is 2. The molecular formula is C25H25N3O2. The van der Waals surface area contributed by atoms with E-state index in [2.05, 4.69) is 11.8 Å². The molecule has 0 radical (unpaired) electrons. The number of fused-ring (bicyclic) bond motifs is 1. The van der Waals surface area contributed by atoms with Gasteiger partial charge in [0, 0.05) is 37.9 Å². The second-order valence-corrected chi connectivity index (χ2v) is 7.61. The zero-order valence-electron chi connectivity index (χ0n) is 17.4. The van der Waals surface area contributed by atoms with Crippen molar-refractivity contribution in [2.24, 2.45) is 5.92 Å². The van der Waals surface area contributed by atoms with Crippen LogP contribution in [-0.2, 0) is 11.2 Å². The van der Waals surface area contributed by atoms with E-state index < -0.39 is 0 Å². The highest BCUT2D eigenvalue weighted by Gasteiger charge is 2.19. The van der Waals surface area contributed by atoms with E-state index in [4.69, 9.17) is 4.98 Å². The Hall–Kier alpha value is -3.39. The van der Waals surface area contributed by atoms with E-state index in [1.807, 2.05) is 60.4 Å². The van der Waals surface area contributed by atoms with E-state index in [0.29, 0.717) is 22.9 Å². The zero-order chi connectivity index (χ0) is 21.1. The van der Waals surface area contributed by atoms with Crippen LogP contribution in [0.4, 0.5) is 0 Å². The van der Waals surface area contributed by atoms with Crippen LogP contribution in [0, 0.1) is 17.8 Å². The fourth-order valence-electron chi connectivity index (χ4n) is 3.98. The number of likely N-dealkylation sites (tertiary alicyclic amines) is 1. The third kappa shape index (κ3) is 3.86. The zero-order valence-corrected chi connectivity index (χ0v) is 17.4. The second-order valence-electron chi connectivity index (χ2n) is 7.61. The summed E-state index contributed by atoms with van der Waals surface area (Å²) in [5.74, 6) is 7.68. The molecule has 1 amide bonds. The van der Waals surface area contributed by atoms with E-state index in [1.54, 1.807) is 11.5 Å². The first-order valence-corrected chi connectivity index (χ1v) is 10.5. The number of aryl methyl sites for hydroxylation is 1. The Kier molecular flexibility index (Phi) is 5.67. The number of benzene rings is 2. The van der Waals surface area contributed by atoms with E-state index in [9.17, 15) is 9.59 Å². The summed E-state index contributed by atoms with van der Waals surface area (Å²) in [5, 5.41) is 0.562. The number of para-hydroxylation sites is 1. The lowest BCUT2D eigenvalue weighted by atomic mass is 9.96. The third-order valence-corrected chi connectivity index (χ3v) is 5.65. The summed E-state index contributed by atoms with van der Waals surface area (Å²) in [6, 6.07) is 15.3. The van der Waals surface area contributed by atoms with E-state index in [-0.39, 0.29) is 17.4 Å². The van der Waals surface area contributed by atoms with Crippen molar-refractivity contribution >= 4 is 16.8 Å². The van der Waals surface area contributed by atoms with Crippen molar-refractivity contribution in [1.29, 1.82) is 0 Å². The van der Waals surface area contributed by atoms with Gasteiger partial charge >= 0.3 is 0 Å². The van der Waals surface area contributed by atoms with Crippen LogP contribution in [0.25, 0.3) is 16.6 Å². The van der Waals surface area contributed by atoms with Gasteiger partial charge in [0.2, 0.25) is 5.91 Å². The summed E-state index contributed by atoms with van der Waals surface area (Å²) < 4.78 is 1.69. The van der Waals surface area contributed by atoms with Crippen molar-refractivity contribution < 1.29 is 4.79 Å². The van der Waals surface area contributed by atoms with Crippen molar-refractivity contribution in [3.8, 4) is 17.5 Å². The Morgan fingerprint density at radius 3 is 2.50 bits per heavy atom. The first-order valence-electron chi connectivity index (χ1n) is 10.5. The van der Waals surface area contributed by atoms with Crippen LogP contribution in [0.5, 0.6) is 0 Å². The SMILES string of the molecule is CCc1nc2cccc(C#CC3CCN(C(C)=O)CC3)c2c(=O)n1-c1ccccc1. The van der Waals surface area contributed by atoms with Crippen LogP contribution in [-0.4, -0.2) is 33.4 Å². The molecule has 0 unspecified atom stereocenters. The van der Waals surface area contributed by atoms with Crippen LogP contribution in [0.1, 0.15) is 38.1 Å². The lowest BCUT2D eigenvalue weighted by molar-refractivity contribution is -0.129. The Morgan fingerprint density at radius 2 is 1.83 bits per heavy atom. The van der Waals surface area contributed by atoms with Gasteiger partial charge in [-0.05, 0) is 37.1 Å². The number of rotatable bonds is 2. The minimum Gasteiger partial charge on any atom is -0.343 e. The molecule has 1 aromatic heterocycles. The summed E-state index contributed by atoms with van der Waals surface area (Å²) in [4.78, 5) is 31.7. The topological polar surface area (TPSA) is 55.2 Å². The summed E-state index contributed by atoms with van der Waals surface area (Å²) in [6.07, 6.45) is 2.39. The van der Waals surface area contributed by atoms with Gasteiger partial charge in [-0.2, -0.15) is 0 Å². The molecule has 1 aliphatic heterocycles. The molecule has 3 aromatic rings. The summed E-state index contributed by atoms with van der Waals surface area (Å²) in [7, 11) is 0. The van der Waals surface area contributed by atoms with Gasteiger partial charge in [-0.3, -0.25) is 14.2 Å². The highest BCUT2D eigenvalue weighted by Crippen LogP contribution is 2.19. The molecule has 1 aliphatic rings. The number of nitrogens with zero attached hydrogens (tertiary/aromatic N) is 3. The molecule has 0 saturated carbocycles. The van der Waals surface area contributed by atoms with Crippen LogP contribution < -0.4 is 5.56 Å². The van der Waals surface area contributed by atoms with Crippen LogP contribution >= 0.6 is 0 Å². The normalized spacial score (nSPS) is 14.4. The largest absolute Gasteiger partial charge is 0.343 e. The fourth-order valence-corrected chi connectivity index (χ4v) is 3.98. The first kappa shape index (κ1) is 19.9. The highest BCUT2D eigenvalue weighted by molar-refractivity contribution is 5.84. The average molecular weight is 399 g/mol. The fraction of sp³-hybridized carbons (Fsp3) is 0.320. The maximum Gasteiger partial charge on any atom is 0.267 e. The number of carbonyl (C=O) groups is 1. The van der Waals surface area contributed by atoms with Gasteiger partial charge in [0.15, 0.2) is 0 Å². The molecule has 5 nitrogen and oxygen atoms in total. The van der Waals surface area contributed by atoms with Gasteiger partial charge in [-0.15, -0.1) is 0 Å². The van der Waals surface area contributed by atoms with Gasteiger partial charge in [0.25, 0.3) is 5.56 Å². The standard InChI is InChI=1S/C25H25N3O2/c1-3-23-26-22-11-7-8-20(13-12-19-14-16-27(17-15-19)18(2)29)24(22)25(30)28(23)21-9-5-4-6-10-21/h4-11,19H,3,14-17H2,1-2H3. The average Bonchev–Trinajstić information content (AvgIpc) is 2.78. The molecule has 1 saturated heterocycles. The van der Waals surface area contributed by atoms with Crippen molar-refractivity contribution in [3.63, 3.8) is 0 Å². The number of hydrogen-bond donors (Lipinski definition) is 0. The molecule has 30 heavy (non-hydrogen) atoms. The van der Waals surface area contributed by atoms with Crippen LogP contribution in [0.2, 0.25) is 0 Å². The van der Waals surface area contributed by atoms with Gasteiger partial charge in [-0.25, -0.2) is 4.98 Å². The number of amides is 1. The first-order chi connectivity index (χ1) is 14.6. The predicted molar refractivity (Wildman–Crippen MR) is 119 cm³/mol. The van der Waals surface area contributed by atoms with Crippen molar-refractivity contribution in [1.82, 2.24) is 14.5 Å². The monoisotopic (exact) mass is 399 g/mol. The Balaban J connectivity index is 1.76. The molecule has 0 N–H and O–H groups in total. The molecule has 0 atom stereocenters. The quantitative estimate of drug-likeness (QED) is 0.619. The Bertz CT molecular complexity index is 1190. The molecule has 152 valence electrons. The van der Waals surface area contributed by atoms with Crippen molar-refractivity contribution in [2.45, 2.75) is 33.1 Å². The lowest BCUT2D eigenvalue weighted by Gasteiger charge is -2.28. The van der Waals surface area contributed by atoms with Gasteiger partial charge in [0.1, 0.15) is 5.82 Å². The summed E-state index contributed by atoms with van der Waals surface area (Å²) >= 11 is 0. The lowest BCUT2D eigenvalue weighted by Crippen LogP contribution is -2.36. The second kappa shape index (κ2) is 8.54. The molecule has 0 aliphatic carbocycles. The molecule has 1 fully saturated rings. The smallest absolute Gasteiger partial charge is 0.267 e. The number of carbonyl (C=O) groups excluding carboxylic acids is 1. The van der Waals surface area contributed by atoms with Crippen molar-refractivity contribution in [3.05, 3.63) is 70.3 Å². The maximum atomic E-state index is 13.5. The molecule has 4 rings (SSSR count). The Morgan fingerprint density at radius 1 is 1.10 bits per heavy atom. The predicted octanol–water partition coefficient (Wildman–Crippen LogP) is 3.56. The van der Waals surface area contributed by atoms with E-state index in [0.717, 1.165) is 37.4 Å². The molecule has 2 aromatic carbocycles. The van der Waals surface area contributed by atoms with Gasteiger partial charge < -0.3 is 4.90 Å². The van der Waals surface area contributed by atoms with Gasteiger partial charge in [-0.1, -0.05) is 43.0 Å². The van der Waals surface area contributed by atoms with Crippen molar-refractivity contribution in [2.75, 3.05) is 13.1 Å². The minimum absolute atomic E-state index is 0.0839. The molecule has 0 spiro atoms. The van der Waals surface area contributed by atoms with E-state index >= 15 is 0 Å². The molecule has 5 heteroatoms. The molecule has 2 heterocycles. The van der Waals surface area contributed by atoms with Crippen LogP contribution in [0.3, 0.4) is 0 Å². The maximum absolute atomic E-state index is 13.5. The Labute approximate surface area is 176 Å². The third-order valence-electron chi connectivity index (χ3n) is 5.65. The van der Waals surface area contributed by atoms with Gasteiger partial charge in [0.05, 0.1) is 16.6 Å². The van der Waals surface area contributed by atoms with E-state index in [1.165, 1.54) is 0 Å². The minimum atomic E-state index is -0.0839. The number of hydrogen-bond acceptors (Lipinski definition) is 3. The van der Waals surface area contributed by atoms with Crippen LogP contribution in [0.15, 0.2) is 53.3 Å². The summed E-state index contributed by atoms with van der Waals surface area (Å²) in [5.41, 5.74) is 2.13. The molecular weight excluding hydrogens is 374 g/mol. The highest BCUT2D eigenvalue weighted by atomic mass is 16.2.